The van der Waals surface area contributed by atoms with Crippen LogP contribution in [-0.4, -0.2) is 18.8 Å². The van der Waals surface area contributed by atoms with E-state index in [2.05, 4.69) is 6.58 Å². The van der Waals surface area contributed by atoms with Crippen LogP contribution >= 0.6 is 0 Å². The van der Waals surface area contributed by atoms with Gasteiger partial charge < -0.3 is 14.6 Å². The summed E-state index contributed by atoms with van der Waals surface area (Å²) in [6.45, 7) is 7.80. The highest BCUT2D eigenvalue weighted by Crippen LogP contribution is 2.29. The molecule has 0 amide bonds. The fourth-order valence-electron chi connectivity index (χ4n) is 1.31. The van der Waals surface area contributed by atoms with E-state index in [1.807, 2.05) is 6.92 Å². The van der Waals surface area contributed by atoms with Gasteiger partial charge in [-0.25, -0.2) is 0 Å². The first kappa shape index (κ1) is 12.6. The molecule has 0 saturated heterocycles. The van der Waals surface area contributed by atoms with Crippen molar-refractivity contribution in [1.82, 2.24) is 0 Å². The van der Waals surface area contributed by atoms with Gasteiger partial charge in [0.05, 0.1) is 13.2 Å². The standard InChI is InChI=1S/C13H18O3/c1-9(2)8-16-13-7-11(15-4)5-6-12(13)10(3)14/h5-7,10,14H,1,8H2,2-4H3/t10-/m1/s1. The molecular weight excluding hydrogens is 204 g/mol. The van der Waals surface area contributed by atoms with Crippen molar-refractivity contribution < 1.29 is 14.6 Å². The van der Waals surface area contributed by atoms with Crippen LogP contribution in [0.5, 0.6) is 11.5 Å². The zero-order chi connectivity index (χ0) is 12.1. The molecule has 0 saturated carbocycles. The quantitative estimate of drug-likeness (QED) is 0.778. The highest BCUT2D eigenvalue weighted by Gasteiger charge is 2.10. The molecular formula is C13H18O3. The fraction of sp³-hybridized carbons (Fsp3) is 0.385. The van der Waals surface area contributed by atoms with Crippen molar-refractivity contribution in [3.05, 3.63) is 35.9 Å². The predicted molar refractivity (Wildman–Crippen MR) is 63.9 cm³/mol. The van der Waals surface area contributed by atoms with Crippen molar-refractivity contribution in [1.29, 1.82) is 0 Å². The molecule has 0 bridgehead atoms. The topological polar surface area (TPSA) is 38.7 Å². The summed E-state index contributed by atoms with van der Waals surface area (Å²) in [6.07, 6.45) is -0.564. The Balaban J connectivity index is 2.95. The van der Waals surface area contributed by atoms with Crippen LogP contribution in [0.2, 0.25) is 0 Å². The minimum absolute atomic E-state index is 0.437. The molecule has 0 aliphatic rings. The van der Waals surface area contributed by atoms with Crippen LogP contribution in [0.25, 0.3) is 0 Å². The molecule has 0 aromatic heterocycles. The molecule has 1 N–H and O–H groups in total. The number of aliphatic hydroxyl groups excluding tert-OH is 1. The van der Waals surface area contributed by atoms with E-state index < -0.39 is 6.10 Å². The molecule has 0 unspecified atom stereocenters. The van der Waals surface area contributed by atoms with Crippen LogP contribution < -0.4 is 9.47 Å². The first-order chi connectivity index (χ1) is 7.54. The average molecular weight is 222 g/mol. The Morgan fingerprint density at radius 1 is 1.50 bits per heavy atom. The van der Waals surface area contributed by atoms with E-state index in [1.165, 1.54) is 0 Å². The minimum atomic E-state index is -0.564. The summed E-state index contributed by atoms with van der Waals surface area (Å²) in [5.74, 6) is 1.35. The van der Waals surface area contributed by atoms with Gasteiger partial charge in [0, 0.05) is 11.6 Å². The normalized spacial score (nSPS) is 12.0. The van der Waals surface area contributed by atoms with Gasteiger partial charge in [-0.2, -0.15) is 0 Å². The molecule has 1 atom stereocenters. The highest BCUT2D eigenvalue weighted by atomic mass is 16.5. The molecule has 1 aromatic rings. The summed E-state index contributed by atoms with van der Waals surface area (Å²) in [4.78, 5) is 0. The zero-order valence-electron chi connectivity index (χ0n) is 9.99. The summed E-state index contributed by atoms with van der Waals surface area (Å²) in [5, 5.41) is 9.59. The molecule has 1 rings (SSSR count). The summed E-state index contributed by atoms with van der Waals surface area (Å²) < 4.78 is 10.7. The van der Waals surface area contributed by atoms with E-state index in [4.69, 9.17) is 9.47 Å². The smallest absolute Gasteiger partial charge is 0.129 e. The van der Waals surface area contributed by atoms with E-state index in [1.54, 1.807) is 32.2 Å². The van der Waals surface area contributed by atoms with E-state index in [9.17, 15) is 5.11 Å². The number of ether oxygens (including phenoxy) is 2. The van der Waals surface area contributed by atoms with E-state index in [0.29, 0.717) is 18.1 Å². The summed E-state index contributed by atoms with van der Waals surface area (Å²) in [7, 11) is 1.60. The Morgan fingerprint density at radius 3 is 2.69 bits per heavy atom. The molecule has 0 fully saturated rings. The Morgan fingerprint density at radius 2 is 2.19 bits per heavy atom. The Labute approximate surface area is 96.3 Å². The maximum atomic E-state index is 9.59. The third-order valence-electron chi connectivity index (χ3n) is 2.14. The number of hydrogen-bond donors (Lipinski definition) is 1. The molecule has 0 spiro atoms. The van der Waals surface area contributed by atoms with Gasteiger partial charge in [-0.3, -0.25) is 0 Å². The molecule has 3 heteroatoms. The van der Waals surface area contributed by atoms with Gasteiger partial charge in [-0.1, -0.05) is 6.58 Å². The third-order valence-corrected chi connectivity index (χ3v) is 2.14. The second-order valence-electron chi connectivity index (χ2n) is 3.83. The van der Waals surface area contributed by atoms with Crippen LogP contribution in [0.1, 0.15) is 25.5 Å². The molecule has 0 heterocycles. The second-order valence-corrected chi connectivity index (χ2v) is 3.83. The lowest BCUT2D eigenvalue weighted by Crippen LogP contribution is -2.03. The lowest BCUT2D eigenvalue weighted by atomic mass is 10.1. The molecule has 3 nitrogen and oxygen atoms in total. The Kier molecular flexibility index (Phi) is 4.38. The summed E-state index contributed by atoms with van der Waals surface area (Å²) in [5.41, 5.74) is 1.68. The van der Waals surface area contributed by atoms with E-state index in [-0.39, 0.29) is 0 Å². The average Bonchev–Trinajstić information content (AvgIpc) is 2.25. The van der Waals surface area contributed by atoms with Crippen LogP contribution in [-0.2, 0) is 0 Å². The number of rotatable bonds is 5. The van der Waals surface area contributed by atoms with Crippen molar-refractivity contribution in [2.75, 3.05) is 13.7 Å². The minimum Gasteiger partial charge on any atom is -0.497 e. The van der Waals surface area contributed by atoms with Gasteiger partial charge >= 0.3 is 0 Å². The molecule has 88 valence electrons. The maximum Gasteiger partial charge on any atom is 0.129 e. The first-order valence-electron chi connectivity index (χ1n) is 5.17. The molecule has 0 aliphatic carbocycles. The maximum absolute atomic E-state index is 9.59. The first-order valence-corrected chi connectivity index (χ1v) is 5.17. The van der Waals surface area contributed by atoms with E-state index in [0.717, 1.165) is 11.1 Å². The van der Waals surface area contributed by atoms with Gasteiger partial charge in [-0.15, -0.1) is 0 Å². The summed E-state index contributed by atoms with van der Waals surface area (Å²) in [6, 6.07) is 5.37. The molecule has 16 heavy (non-hydrogen) atoms. The van der Waals surface area contributed by atoms with Crippen molar-refractivity contribution >= 4 is 0 Å². The Hall–Kier alpha value is -1.48. The van der Waals surface area contributed by atoms with Crippen molar-refractivity contribution in [3.63, 3.8) is 0 Å². The third kappa shape index (κ3) is 3.28. The number of methoxy groups -OCH3 is 1. The lowest BCUT2D eigenvalue weighted by molar-refractivity contribution is 0.192. The molecule has 0 radical (unpaired) electrons. The van der Waals surface area contributed by atoms with Gasteiger partial charge in [0.2, 0.25) is 0 Å². The van der Waals surface area contributed by atoms with Gasteiger partial charge in [0.1, 0.15) is 18.1 Å². The van der Waals surface area contributed by atoms with Gasteiger partial charge in [0.15, 0.2) is 0 Å². The molecule has 1 aromatic carbocycles. The van der Waals surface area contributed by atoms with Crippen molar-refractivity contribution in [2.45, 2.75) is 20.0 Å². The van der Waals surface area contributed by atoms with E-state index >= 15 is 0 Å². The Bertz CT molecular complexity index is 369. The monoisotopic (exact) mass is 222 g/mol. The fourth-order valence-corrected chi connectivity index (χ4v) is 1.31. The number of hydrogen-bond acceptors (Lipinski definition) is 3. The van der Waals surface area contributed by atoms with Crippen LogP contribution in [0, 0.1) is 0 Å². The summed E-state index contributed by atoms with van der Waals surface area (Å²) >= 11 is 0. The zero-order valence-corrected chi connectivity index (χ0v) is 9.99. The second kappa shape index (κ2) is 5.56. The number of aliphatic hydroxyl groups is 1. The number of benzene rings is 1. The van der Waals surface area contributed by atoms with Crippen LogP contribution in [0.4, 0.5) is 0 Å². The van der Waals surface area contributed by atoms with Gasteiger partial charge in [0.25, 0.3) is 0 Å². The van der Waals surface area contributed by atoms with Gasteiger partial charge in [-0.05, 0) is 31.6 Å². The predicted octanol–water partition coefficient (Wildman–Crippen LogP) is 2.70. The highest BCUT2D eigenvalue weighted by molar-refractivity contribution is 5.42. The molecule has 0 aliphatic heterocycles. The van der Waals surface area contributed by atoms with Crippen LogP contribution in [0.15, 0.2) is 30.4 Å². The lowest BCUT2D eigenvalue weighted by Gasteiger charge is -2.14. The largest absolute Gasteiger partial charge is 0.497 e. The van der Waals surface area contributed by atoms with Crippen LogP contribution in [0.3, 0.4) is 0 Å². The van der Waals surface area contributed by atoms with Crippen molar-refractivity contribution in [2.24, 2.45) is 0 Å². The SMILES string of the molecule is C=C(C)COc1cc(OC)ccc1[C@@H](C)O. The van der Waals surface area contributed by atoms with Crippen molar-refractivity contribution in [3.8, 4) is 11.5 Å².